The van der Waals surface area contributed by atoms with Gasteiger partial charge >= 0.3 is 0 Å². The van der Waals surface area contributed by atoms with Gasteiger partial charge in [-0.2, -0.15) is 0 Å². The maximum Gasteiger partial charge on any atom is 0.167 e. The summed E-state index contributed by atoms with van der Waals surface area (Å²) in [5.41, 5.74) is 2.04. The van der Waals surface area contributed by atoms with Crippen molar-refractivity contribution in [3.05, 3.63) is 30.0 Å². The highest BCUT2D eigenvalue weighted by atomic mass is 16.5. The van der Waals surface area contributed by atoms with Gasteiger partial charge in [-0.15, -0.1) is 0 Å². The first-order valence-electron chi connectivity index (χ1n) is 6.97. The summed E-state index contributed by atoms with van der Waals surface area (Å²) in [6, 6.07) is 8.13. The Balaban J connectivity index is 1.56. The summed E-state index contributed by atoms with van der Waals surface area (Å²) in [5.74, 6) is 0.907. The summed E-state index contributed by atoms with van der Waals surface area (Å²) in [4.78, 5) is 0. The number of nitrogens with zero attached hydrogens (tertiary/aromatic N) is 1. The molecule has 1 fully saturated rings. The number of para-hydroxylation sites is 1. The largest absolute Gasteiger partial charge is 0.356 e. The fourth-order valence-corrected chi connectivity index (χ4v) is 2.85. The number of benzene rings is 1. The van der Waals surface area contributed by atoms with E-state index in [9.17, 15) is 0 Å². The Kier molecular flexibility index (Phi) is 3.60. The Hall–Kier alpha value is -1.35. The molecule has 0 bridgehead atoms. The number of aryl methyl sites for hydroxylation is 1. The third kappa shape index (κ3) is 2.56. The van der Waals surface area contributed by atoms with E-state index in [1.807, 2.05) is 12.1 Å². The Morgan fingerprint density at radius 1 is 1.22 bits per heavy atom. The molecule has 0 saturated carbocycles. The highest BCUT2D eigenvalue weighted by molar-refractivity contribution is 5.79. The quantitative estimate of drug-likeness (QED) is 0.897. The monoisotopic (exact) mass is 244 g/mol. The molecule has 1 aliphatic heterocycles. The number of hydrogen-bond donors (Lipinski definition) is 1. The van der Waals surface area contributed by atoms with Crippen molar-refractivity contribution < 1.29 is 4.52 Å². The zero-order valence-electron chi connectivity index (χ0n) is 10.7. The second kappa shape index (κ2) is 5.53. The van der Waals surface area contributed by atoms with Gasteiger partial charge in [-0.3, -0.25) is 0 Å². The lowest BCUT2D eigenvalue weighted by Gasteiger charge is -2.22. The Morgan fingerprint density at radius 3 is 2.94 bits per heavy atom. The van der Waals surface area contributed by atoms with Crippen molar-refractivity contribution in [2.45, 2.75) is 32.1 Å². The lowest BCUT2D eigenvalue weighted by molar-refractivity contribution is 0.345. The third-order valence-electron chi connectivity index (χ3n) is 3.94. The molecule has 3 heteroatoms. The van der Waals surface area contributed by atoms with E-state index in [2.05, 4.69) is 22.6 Å². The lowest BCUT2D eigenvalue weighted by atomic mass is 9.92. The number of piperidine rings is 1. The average Bonchev–Trinajstić information content (AvgIpc) is 2.84. The van der Waals surface area contributed by atoms with Gasteiger partial charge in [-0.25, -0.2) is 0 Å². The Bertz CT molecular complexity index is 500. The van der Waals surface area contributed by atoms with Crippen LogP contribution < -0.4 is 5.32 Å². The topological polar surface area (TPSA) is 38.1 Å². The highest BCUT2D eigenvalue weighted by Gasteiger charge is 2.13. The molecular weight excluding hydrogens is 224 g/mol. The molecule has 18 heavy (non-hydrogen) atoms. The van der Waals surface area contributed by atoms with E-state index >= 15 is 0 Å². The van der Waals surface area contributed by atoms with Crippen molar-refractivity contribution in [2.24, 2.45) is 5.92 Å². The molecule has 0 spiro atoms. The van der Waals surface area contributed by atoms with Crippen LogP contribution in [-0.4, -0.2) is 18.2 Å². The first-order valence-corrected chi connectivity index (χ1v) is 6.97. The second-order valence-electron chi connectivity index (χ2n) is 5.21. The van der Waals surface area contributed by atoms with Crippen molar-refractivity contribution in [1.82, 2.24) is 10.5 Å². The average molecular weight is 244 g/mol. The van der Waals surface area contributed by atoms with Gasteiger partial charge in [0.25, 0.3) is 0 Å². The minimum atomic E-state index is 0.907. The summed E-state index contributed by atoms with van der Waals surface area (Å²) in [5, 5.41) is 8.79. The zero-order chi connectivity index (χ0) is 12.2. The van der Waals surface area contributed by atoms with E-state index < -0.39 is 0 Å². The van der Waals surface area contributed by atoms with E-state index in [0.29, 0.717) is 0 Å². The normalized spacial score (nSPS) is 17.3. The SMILES string of the molecule is c1ccc2c(CCCC3CCNCC3)noc2c1. The Labute approximate surface area is 108 Å². The maximum atomic E-state index is 5.33. The molecule has 1 aliphatic rings. The molecule has 1 saturated heterocycles. The number of aromatic nitrogens is 1. The van der Waals surface area contributed by atoms with Gasteiger partial charge in [0.15, 0.2) is 5.58 Å². The summed E-state index contributed by atoms with van der Waals surface area (Å²) < 4.78 is 5.33. The van der Waals surface area contributed by atoms with Crippen LogP contribution in [0.1, 0.15) is 31.4 Å². The van der Waals surface area contributed by atoms with Crippen molar-refractivity contribution in [1.29, 1.82) is 0 Å². The molecule has 0 amide bonds. The van der Waals surface area contributed by atoms with Crippen LogP contribution in [0.25, 0.3) is 11.0 Å². The van der Waals surface area contributed by atoms with Crippen molar-refractivity contribution >= 4 is 11.0 Å². The molecule has 1 aromatic carbocycles. The van der Waals surface area contributed by atoms with E-state index in [1.165, 1.54) is 44.2 Å². The molecule has 1 aromatic heterocycles. The van der Waals surface area contributed by atoms with Gasteiger partial charge in [-0.05, 0) is 63.2 Å². The number of rotatable bonds is 4. The lowest BCUT2D eigenvalue weighted by Crippen LogP contribution is -2.27. The maximum absolute atomic E-state index is 5.33. The second-order valence-corrected chi connectivity index (χ2v) is 5.21. The van der Waals surface area contributed by atoms with Crippen molar-refractivity contribution in [3.8, 4) is 0 Å². The van der Waals surface area contributed by atoms with Crippen molar-refractivity contribution in [3.63, 3.8) is 0 Å². The predicted octanol–water partition coefficient (Wildman–Crippen LogP) is 3.15. The fourth-order valence-electron chi connectivity index (χ4n) is 2.85. The van der Waals surface area contributed by atoms with Crippen LogP contribution in [0.2, 0.25) is 0 Å². The van der Waals surface area contributed by atoms with Crippen LogP contribution in [0.5, 0.6) is 0 Å². The predicted molar refractivity (Wildman–Crippen MR) is 72.5 cm³/mol. The number of nitrogens with one attached hydrogen (secondary N) is 1. The van der Waals surface area contributed by atoms with Crippen LogP contribution in [0.15, 0.2) is 28.8 Å². The third-order valence-corrected chi connectivity index (χ3v) is 3.94. The van der Waals surface area contributed by atoms with Crippen LogP contribution >= 0.6 is 0 Å². The van der Waals surface area contributed by atoms with Gasteiger partial charge in [0.05, 0.1) is 5.69 Å². The molecular formula is C15H20N2O. The first-order chi connectivity index (χ1) is 8.93. The standard InChI is InChI=1S/C15H20N2O/c1-2-7-15-13(5-1)14(17-18-15)6-3-4-12-8-10-16-11-9-12/h1-2,5,7,12,16H,3-4,6,8-11H2. The van der Waals surface area contributed by atoms with Crippen LogP contribution in [0.3, 0.4) is 0 Å². The zero-order valence-corrected chi connectivity index (χ0v) is 10.7. The molecule has 2 heterocycles. The van der Waals surface area contributed by atoms with Gasteiger partial charge < -0.3 is 9.84 Å². The van der Waals surface area contributed by atoms with Crippen molar-refractivity contribution in [2.75, 3.05) is 13.1 Å². The van der Waals surface area contributed by atoms with E-state index in [4.69, 9.17) is 4.52 Å². The van der Waals surface area contributed by atoms with E-state index in [-0.39, 0.29) is 0 Å². The molecule has 3 rings (SSSR count). The van der Waals surface area contributed by atoms with Gasteiger partial charge in [0.1, 0.15) is 0 Å². The molecule has 1 N–H and O–H groups in total. The van der Waals surface area contributed by atoms with Crippen LogP contribution in [-0.2, 0) is 6.42 Å². The van der Waals surface area contributed by atoms with Gasteiger partial charge in [0.2, 0.25) is 0 Å². The summed E-state index contributed by atoms with van der Waals surface area (Å²) in [7, 11) is 0. The number of fused-ring (bicyclic) bond motifs is 1. The summed E-state index contributed by atoms with van der Waals surface area (Å²) in [6.07, 6.45) is 6.25. The van der Waals surface area contributed by atoms with Gasteiger partial charge in [-0.1, -0.05) is 17.3 Å². The van der Waals surface area contributed by atoms with Crippen LogP contribution in [0, 0.1) is 5.92 Å². The van der Waals surface area contributed by atoms with E-state index in [0.717, 1.165) is 23.6 Å². The van der Waals surface area contributed by atoms with Gasteiger partial charge in [0, 0.05) is 5.39 Å². The first kappa shape index (κ1) is 11.7. The van der Waals surface area contributed by atoms with E-state index in [1.54, 1.807) is 0 Å². The highest BCUT2D eigenvalue weighted by Crippen LogP contribution is 2.22. The van der Waals surface area contributed by atoms with Crippen LogP contribution in [0.4, 0.5) is 0 Å². The summed E-state index contributed by atoms with van der Waals surface area (Å²) >= 11 is 0. The Morgan fingerprint density at radius 2 is 2.06 bits per heavy atom. The molecule has 0 aliphatic carbocycles. The number of hydrogen-bond acceptors (Lipinski definition) is 3. The molecule has 0 radical (unpaired) electrons. The molecule has 0 unspecified atom stereocenters. The molecule has 3 nitrogen and oxygen atoms in total. The minimum absolute atomic E-state index is 0.907. The molecule has 96 valence electrons. The smallest absolute Gasteiger partial charge is 0.167 e. The fraction of sp³-hybridized carbons (Fsp3) is 0.533. The molecule has 0 atom stereocenters. The summed E-state index contributed by atoms with van der Waals surface area (Å²) in [6.45, 7) is 2.38. The minimum Gasteiger partial charge on any atom is -0.356 e. The molecule has 2 aromatic rings.